The second-order valence-corrected chi connectivity index (χ2v) is 5.60. The molecule has 2 rings (SSSR count). The fourth-order valence-corrected chi connectivity index (χ4v) is 2.96. The van der Waals surface area contributed by atoms with E-state index in [0.29, 0.717) is 0 Å². The summed E-state index contributed by atoms with van der Waals surface area (Å²) in [4.78, 5) is 0. The molecule has 0 saturated carbocycles. The van der Waals surface area contributed by atoms with E-state index in [-0.39, 0.29) is 12.1 Å². The van der Waals surface area contributed by atoms with Crippen LogP contribution in [0.15, 0.2) is 24.3 Å². The molecule has 3 nitrogen and oxygen atoms in total. The smallest absolute Gasteiger partial charge is 0.0835 e. The van der Waals surface area contributed by atoms with E-state index in [9.17, 15) is 0 Å². The van der Waals surface area contributed by atoms with Crippen molar-refractivity contribution >= 4 is 11.8 Å². The van der Waals surface area contributed by atoms with Crippen LogP contribution in [0, 0.1) is 6.92 Å². The number of rotatable bonds is 4. The largest absolute Gasteiger partial charge is 0.375 e. The van der Waals surface area contributed by atoms with Gasteiger partial charge in [0, 0.05) is 11.5 Å². The van der Waals surface area contributed by atoms with Crippen LogP contribution in [0.25, 0.3) is 0 Å². The van der Waals surface area contributed by atoms with Gasteiger partial charge in [-0.3, -0.25) is 11.3 Å². The molecule has 1 aliphatic heterocycles. The molecule has 1 heterocycles. The van der Waals surface area contributed by atoms with Gasteiger partial charge in [0.15, 0.2) is 0 Å². The Bertz CT molecular complexity index is 336. The van der Waals surface area contributed by atoms with E-state index in [1.165, 1.54) is 11.1 Å². The van der Waals surface area contributed by atoms with Gasteiger partial charge in [0.2, 0.25) is 0 Å². The topological polar surface area (TPSA) is 47.3 Å². The summed E-state index contributed by atoms with van der Waals surface area (Å²) < 4.78 is 5.76. The van der Waals surface area contributed by atoms with Crippen LogP contribution in [0.3, 0.4) is 0 Å². The van der Waals surface area contributed by atoms with Crippen molar-refractivity contribution in [2.75, 3.05) is 18.1 Å². The van der Waals surface area contributed by atoms with E-state index in [4.69, 9.17) is 10.6 Å². The Morgan fingerprint density at radius 1 is 1.47 bits per heavy atom. The van der Waals surface area contributed by atoms with Crippen molar-refractivity contribution in [2.24, 2.45) is 5.84 Å². The second-order valence-electron chi connectivity index (χ2n) is 4.45. The Labute approximate surface area is 107 Å². The molecule has 0 radical (unpaired) electrons. The van der Waals surface area contributed by atoms with Gasteiger partial charge in [-0.2, -0.15) is 11.8 Å². The van der Waals surface area contributed by atoms with Crippen LogP contribution < -0.4 is 11.3 Å². The predicted octanol–water partition coefficient (Wildman–Crippen LogP) is 1.50. The van der Waals surface area contributed by atoms with Crippen LogP contribution in [-0.2, 0) is 11.2 Å². The van der Waals surface area contributed by atoms with E-state index in [1.807, 2.05) is 11.8 Å². The molecule has 0 aromatic heterocycles. The molecule has 2 atom stereocenters. The minimum absolute atomic E-state index is 0.200. The quantitative estimate of drug-likeness (QED) is 0.630. The van der Waals surface area contributed by atoms with E-state index in [1.54, 1.807) is 0 Å². The summed E-state index contributed by atoms with van der Waals surface area (Å²) >= 11 is 1.94. The Hall–Kier alpha value is -0.550. The van der Waals surface area contributed by atoms with E-state index in [2.05, 4.69) is 36.6 Å². The summed E-state index contributed by atoms with van der Waals surface area (Å²) in [7, 11) is 0. The third kappa shape index (κ3) is 3.71. The fourth-order valence-electron chi connectivity index (χ4n) is 2.01. The minimum atomic E-state index is 0.200. The Morgan fingerprint density at radius 2 is 2.24 bits per heavy atom. The summed E-state index contributed by atoms with van der Waals surface area (Å²) in [5.41, 5.74) is 5.49. The van der Waals surface area contributed by atoms with Crippen molar-refractivity contribution in [3.8, 4) is 0 Å². The molecule has 2 unspecified atom stereocenters. The van der Waals surface area contributed by atoms with E-state index < -0.39 is 0 Å². The van der Waals surface area contributed by atoms with Gasteiger partial charge in [-0.1, -0.05) is 29.8 Å². The van der Waals surface area contributed by atoms with Gasteiger partial charge in [-0.05, 0) is 18.9 Å². The maximum Gasteiger partial charge on any atom is 0.0835 e. The lowest BCUT2D eigenvalue weighted by molar-refractivity contribution is 0.0472. The van der Waals surface area contributed by atoms with Crippen molar-refractivity contribution in [1.29, 1.82) is 0 Å². The van der Waals surface area contributed by atoms with Crippen LogP contribution in [0.4, 0.5) is 0 Å². The number of hydrazine groups is 1. The van der Waals surface area contributed by atoms with Crippen molar-refractivity contribution in [3.05, 3.63) is 35.4 Å². The average Bonchev–Trinajstić information content (AvgIpc) is 2.39. The number of ether oxygens (including phenoxy) is 1. The molecule has 1 fully saturated rings. The van der Waals surface area contributed by atoms with Gasteiger partial charge >= 0.3 is 0 Å². The van der Waals surface area contributed by atoms with Crippen molar-refractivity contribution in [2.45, 2.75) is 25.5 Å². The molecule has 3 N–H and O–H groups in total. The van der Waals surface area contributed by atoms with Crippen LogP contribution in [0.2, 0.25) is 0 Å². The lowest BCUT2D eigenvalue weighted by Gasteiger charge is -2.29. The number of benzene rings is 1. The number of thioether (sulfide) groups is 1. The molecule has 1 aromatic rings. The molecule has 0 aliphatic carbocycles. The zero-order valence-corrected chi connectivity index (χ0v) is 11.0. The first-order chi connectivity index (χ1) is 8.29. The predicted molar refractivity (Wildman–Crippen MR) is 73.1 cm³/mol. The van der Waals surface area contributed by atoms with Crippen LogP contribution in [0.5, 0.6) is 0 Å². The first-order valence-corrected chi connectivity index (χ1v) is 7.16. The van der Waals surface area contributed by atoms with Gasteiger partial charge < -0.3 is 4.74 Å². The maximum absolute atomic E-state index is 5.76. The highest BCUT2D eigenvalue weighted by Crippen LogP contribution is 2.18. The Morgan fingerprint density at radius 3 is 2.82 bits per heavy atom. The molecule has 0 bridgehead atoms. The third-order valence-electron chi connectivity index (χ3n) is 3.08. The van der Waals surface area contributed by atoms with Gasteiger partial charge in [0.1, 0.15) is 0 Å². The second kappa shape index (κ2) is 6.40. The number of nitrogens with two attached hydrogens (primary N) is 1. The molecule has 0 spiro atoms. The van der Waals surface area contributed by atoms with Crippen molar-refractivity contribution in [1.82, 2.24) is 5.43 Å². The Kier molecular flexibility index (Phi) is 4.86. The summed E-state index contributed by atoms with van der Waals surface area (Å²) in [6.45, 7) is 2.94. The van der Waals surface area contributed by atoms with Crippen LogP contribution >= 0.6 is 11.8 Å². The molecule has 94 valence electrons. The lowest BCUT2D eigenvalue weighted by atomic mass is 10.0. The number of hydrogen-bond acceptors (Lipinski definition) is 4. The highest BCUT2D eigenvalue weighted by Gasteiger charge is 2.23. The van der Waals surface area contributed by atoms with E-state index in [0.717, 1.165) is 24.5 Å². The fraction of sp³-hybridized carbons (Fsp3) is 0.538. The summed E-state index contributed by atoms with van der Waals surface area (Å²) in [6.07, 6.45) is 1.14. The molecule has 1 saturated heterocycles. The monoisotopic (exact) mass is 252 g/mol. The first kappa shape index (κ1) is 12.9. The SMILES string of the molecule is Cc1ccc(CC(NN)C2CSCCO2)cc1. The van der Waals surface area contributed by atoms with Crippen LogP contribution in [0.1, 0.15) is 11.1 Å². The third-order valence-corrected chi connectivity index (χ3v) is 4.10. The zero-order valence-electron chi connectivity index (χ0n) is 10.2. The van der Waals surface area contributed by atoms with Crippen molar-refractivity contribution < 1.29 is 4.74 Å². The van der Waals surface area contributed by atoms with Gasteiger partial charge in [0.05, 0.1) is 18.8 Å². The zero-order chi connectivity index (χ0) is 12.1. The normalized spacial score (nSPS) is 22.4. The molecular formula is C13H20N2OS. The Balaban J connectivity index is 1.96. The number of hydrogen-bond donors (Lipinski definition) is 2. The molecule has 0 amide bonds. The molecule has 1 aromatic carbocycles. The number of nitrogens with one attached hydrogen (secondary N) is 1. The molecular weight excluding hydrogens is 232 g/mol. The average molecular weight is 252 g/mol. The van der Waals surface area contributed by atoms with Gasteiger partial charge in [0.25, 0.3) is 0 Å². The molecule has 17 heavy (non-hydrogen) atoms. The highest BCUT2D eigenvalue weighted by molar-refractivity contribution is 7.99. The van der Waals surface area contributed by atoms with E-state index >= 15 is 0 Å². The summed E-state index contributed by atoms with van der Waals surface area (Å²) in [5, 5.41) is 0. The van der Waals surface area contributed by atoms with Crippen LogP contribution in [-0.4, -0.2) is 30.3 Å². The maximum atomic E-state index is 5.76. The standard InChI is InChI=1S/C13H20N2OS/c1-10-2-4-11(5-3-10)8-12(15-14)13-9-17-7-6-16-13/h2-5,12-13,15H,6-9,14H2,1H3. The minimum Gasteiger partial charge on any atom is -0.375 e. The molecule has 1 aliphatic rings. The summed E-state index contributed by atoms with van der Waals surface area (Å²) in [6, 6.07) is 8.80. The highest BCUT2D eigenvalue weighted by atomic mass is 32.2. The first-order valence-electron chi connectivity index (χ1n) is 6.00. The lowest BCUT2D eigenvalue weighted by Crippen LogP contribution is -2.49. The van der Waals surface area contributed by atoms with Gasteiger partial charge in [-0.25, -0.2) is 0 Å². The van der Waals surface area contributed by atoms with Gasteiger partial charge in [-0.15, -0.1) is 0 Å². The van der Waals surface area contributed by atoms with Crippen molar-refractivity contribution in [3.63, 3.8) is 0 Å². The molecule has 4 heteroatoms. The number of aryl methyl sites for hydroxylation is 1. The summed E-state index contributed by atoms with van der Waals surface area (Å²) in [5.74, 6) is 7.77.